The minimum absolute atomic E-state index is 0.424. The van der Waals surface area contributed by atoms with Crippen LogP contribution in [-0.4, -0.2) is 27.5 Å². The lowest BCUT2D eigenvalue weighted by atomic mass is 10.2. The number of thiazole rings is 1. The van der Waals surface area contributed by atoms with Crippen LogP contribution in [0, 0.1) is 6.92 Å². The highest BCUT2D eigenvalue weighted by molar-refractivity contribution is 7.14. The largest absolute Gasteiger partial charge is 0.370 e. The molecule has 6 nitrogen and oxygen atoms in total. The third kappa shape index (κ3) is 4.86. The van der Waals surface area contributed by atoms with Gasteiger partial charge in [0.25, 0.3) is 0 Å². The van der Waals surface area contributed by atoms with Gasteiger partial charge in [0, 0.05) is 11.9 Å². The summed E-state index contributed by atoms with van der Waals surface area (Å²) in [5.74, 6) is 1.30. The van der Waals surface area contributed by atoms with Crippen LogP contribution in [0.3, 0.4) is 0 Å². The van der Waals surface area contributed by atoms with Crippen molar-refractivity contribution < 1.29 is 0 Å². The Bertz CT molecular complexity index is 586. The van der Waals surface area contributed by atoms with Gasteiger partial charge in [-0.1, -0.05) is 26.2 Å². The van der Waals surface area contributed by atoms with Gasteiger partial charge < -0.3 is 16.0 Å². The Labute approximate surface area is 128 Å². The highest BCUT2D eigenvalue weighted by Crippen LogP contribution is 2.23. The second-order valence-electron chi connectivity index (χ2n) is 4.87. The van der Waals surface area contributed by atoms with Gasteiger partial charge in [0.15, 0.2) is 11.1 Å². The SMILES string of the molecule is CCCCCCN=C(N)Nc1nc(-c2cnc(C)[nH]2)cs1. The van der Waals surface area contributed by atoms with E-state index in [0.29, 0.717) is 5.96 Å². The lowest BCUT2D eigenvalue weighted by Crippen LogP contribution is -2.22. The van der Waals surface area contributed by atoms with E-state index in [1.165, 1.54) is 30.6 Å². The number of guanidine groups is 1. The number of aromatic amines is 1. The molecule has 21 heavy (non-hydrogen) atoms. The Morgan fingerprint density at radius 1 is 1.43 bits per heavy atom. The molecule has 7 heteroatoms. The summed E-state index contributed by atoms with van der Waals surface area (Å²) in [6.07, 6.45) is 6.54. The first-order valence-electron chi connectivity index (χ1n) is 7.23. The Hall–Kier alpha value is -1.89. The van der Waals surface area contributed by atoms with Crippen molar-refractivity contribution in [2.75, 3.05) is 11.9 Å². The number of aryl methyl sites for hydroxylation is 1. The van der Waals surface area contributed by atoms with Crippen LogP contribution in [0.15, 0.2) is 16.6 Å². The summed E-state index contributed by atoms with van der Waals surface area (Å²) >= 11 is 1.50. The second kappa shape index (κ2) is 7.78. The van der Waals surface area contributed by atoms with Gasteiger partial charge in [-0.25, -0.2) is 9.97 Å². The molecule has 0 radical (unpaired) electrons. The number of unbranched alkanes of at least 4 members (excludes halogenated alkanes) is 3. The van der Waals surface area contributed by atoms with E-state index in [1.807, 2.05) is 12.3 Å². The molecule has 0 unspecified atom stereocenters. The fourth-order valence-corrected chi connectivity index (χ4v) is 2.61. The average molecular weight is 306 g/mol. The molecule has 114 valence electrons. The maximum atomic E-state index is 5.86. The summed E-state index contributed by atoms with van der Waals surface area (Å²) in [6.45, 7) is 4.87. The molecule has 0 aliphatic rings. The van der Waals surface area contributed by atoms with E-state index in [1.54, 1.807) is 6.20 Å². The zero-order valence-corrected chi connectivity index (χ0v) is 13.3. The van der Waals surface area contributed by atoms with Crippen LogP contribution in [0.1, 0.15) is 38.4 Å². The normalized spacial score (nSPS) is 11.8. The summed E-state index contributed by atoms with van der Waals surface area (Å²) < 4.78 is 0. The van der Waals surface area contributed by atoms with Crippen molar-refractivity contribution in [3.05, 3.63) is 17.4 Å². The molecular formula is C14H22N6S. The molecule has 0 saturated carbocycles. The predicted molar refractivity (Wildman–Crippen MR) is 88.7 cm³/mol. The second-order valence-corrected chi connectivity index (χ2v) is 5.73. The van der Waals surface area contributed by atoms with E-state index in [2.05, 4.69) is 32.2 Å². The van der Waals surface area contributed by atoms with Gasteiger partial charge in [-0.05, 0) is 13.3 Å². The molecule has 0 aliphatic carbocycles. The number of hydrogen-bond donors (Lipinski definition) is 3. The molecule has 0 aromatic carbocycles. The van der Waals surface area contributed by atoms with Crippen molar-refractivity contribution in [3.8, 4) is 11.4 Å². The molecule has 0 bridgehead atoms. The van der Waals surface area contributed by atoms with Gasteiger partial charge in [-0.15, -0.1) is 11.3 Å². The number of aliphatic imine (C=N–C) groups is 1. The molecule has 2 aromatic rings. The third-order valence-electron chi connectivity index (χ3n) is 3.01. The summed E-state index contributed by atoms with van der Waals surface area (Å²) in [4.78, 5) is 16.1. The van der Waals surface area contributed by atoms with Crippen molar-refractivity contribution in [2.45, 2.75) is 39.5 Å². The van der Waals surface area contributed by atoms with Crippen molar-refractivity contribution in [2.24, 2.45) is 10.7 Å². The molecule has 2 rings (SSSR count). The highest BCUT2D eigenvalue weighted by Gasteiger charge is 2.07. The number of nitrogens with zero attached hydrogens (tertiary/aromatic N) is 3. The molecule has 2 heterocycles. The number of anilines is 1. The number of hydrogen-bond acceptors (Lipinski definition) is 4. The molecule has 0 aliphatic heterocycles. The zero-order valence-electron chi connectivity index (χ0n) is 12.5. The number of rotatable bonds is 7. The van der Waals surface area contributed by atoms with Gasteiger partial charge in [-0.3, -0.25) is 4.99 Å². The van der Waals surface area contributed by atoms with Crippen LogP contribution in [0.2, 0.25) is 0 Å². The first kappa shape index (κ1) is 15.5. The highest BCUT2D eigenvalue weighted by atomic mass is 32.1. The number of imidazole rings is 1. The summed E-state index contributed by atoms with van der Waals surface area (Å²) in [5, 5.41) is 5.74. The van der Waals surface area contributed by atoms with E-state index in [0.717, 1.165) is 35.3 Å². The van der Waals surface area contributed by atoms with E-state index in [4.69, 9.17) is 5.73 Å². The van der Waals surface area contributed by atoms with Crippen LogP contribution in [0.25, 0.3) is 11.4 Å². The Morgan fingerprint density at radius 3 is 3.00 bits per heavy atom. The molecular weight excluding hydrogens is 284 g/mol. The van der Waals surface area contributed by atoms with Crippen LogP contribution in [0.5, 0.6) is 0 Å². The number of nitrogens with one attached hydrogen (secondary N) is 2. The standard InChI is InChI=1S/C14H22N6S/c1-3-4-5-6-7-16-13(15)20-14-19-12(9-21-14)11-8-17-10(2)18-11/h8-9H,3-7H2,1-2H3,(H,17,18)(H3,15,16,19,20). The molecule has 0 amide bonds. The van der Waals surface area contributed by atoms with Crippen LogP contribution in [-0.2, 0) is 0 Å². The van der Waals surface area contributed by atoms with Crippen LogP contribution >= 0.6 is 11.3 Å². The first-order chi connectivity index (χ1) is 10.2. The number of aromatic nitrogens is 3. The van der Waals surface area contributed by atoms with Gasteiger partial charge in [0.2, 0.25) is 0 Å². The number of H-pyrrole nitrogens is 1. The van der Waals surface area contributed by atoms with Crippen molar-refractivity contribution in [1.82, 2.24) is 15.0 Å². The summed E-state index contributed by atoms with van der Waals surface area (Å²) in [7, 11) is 0. The minimum atomic E-state index is 0.424. The molecule has 0 atom stereocenters. The lowest BCUT2D eigenvalue weighted by molar-refractivity contribution is 0.675. The summed E-state index contributed by atoms with van der Waals surface area (Å²) in [6, 6.07) is 0. The van der Waals surface area contributed by atoms with Gasteiger partial charge in [-0.2, -0.15) is 0 Å². The Balaban J connectivity index is 1.85. The van der Waals surface area contributed by atoms with Gasteiger partial charge in [0.1, 0.15) is 11.5 Å². The van der Waals surface area contributed by atoms with Crippen LogP contribution in [0.4, 0.5) is 5.13 Å². The van der Waals surface area contributed by atoms with E-state index < -0.39 is 0 Å². The van der Waals surface area contributed by atoms with Gasteiger partial charge in [0.05, 0.1) is 11.9 Å². The maximum absolute atomic E-state index is 5.86. The Kier molecular flexibility index (Phi) is 5.74. The molecule has 4 N–H and O–H groups in total. The topological polar surface area (TPSA) is 92.0 Å². The quantitative estimate of drug-likeness (QED) is 0.416. The smallest absolute Gasteiger partial charge is 0.194 e. The first-order valence-corrected chi connectivity index (χ1v) is 8.11. The van der Waals surface area contributed by atoms with Crippen molar-refractivity contribution in [1.29, 1.82) is 0 Å². The zero-order chi connectivity index (χ0) is 15.1. The maximum Gasteiger partial charge on any atom is 0.194 e. The average Bonchev–Trinajstić information content (AvgIpc) is 3.07. The van der Waals surface area contributed by atoms with Crippen molar-refractivity contribution >= 4 is 22.4 Å². The molecule has 0 fully saturated rings. The molecule has 0 saturated heterocycles. The number of nitrogens with two attached hydrogens (primary N) is 1. The van der Waals surface area contributed by atoms with E-state index in [-0.39, 0.29) is 0 Å². The Morgan fingerprint density at radius 2 is 2.29 bits per heavy atom. The fraction of sp³-hybridized carbons (Fsp3) is 0.500. The van der Waals surface area contributed by atoms with Gasteiger partial charge >= 0.3 is 0 Å². The monoisotopic (exact) mass is 306 g/mol. The van der Waals surface area contributed by atoms with E-state index in [9.17, 15) is 0 Å². The van der Waals surface area contributed by atoms with Crippen LogP contribution < -0.4 is 11.1 Å². The fourth-order valence-electron chi connectivity index (χ4n) is 1.89. The molecule has 2 aromatic heterocycles. The predicted octanol–water partition coefficient (Wildman–Crippen LogP) is 3.15. The minimum Gasteiger partial charge on any atom is -0.370 e. The third-order valence-corrected chi connectivity index (χ3v) is 3.77. The van der Waals surface area contributed by atoms with Crippen molar-refractivity contribution in [3.63, 3.8) is 0 Å². The van der Waals surface area contributed by atoms with E-state index >= 15 is 0 Å². The lowest BCUT2D eigenvalue weighted by Gasteiger charge is -2.01. The molecule has 0 spiro atoms. The summed E-state index contributed by atoms with van der Waals surface area (Å²) in [5.41, 5.74) is 7.63.